The fourth-order valence-electron chi connectivity index (χ4n) is 2.53. The van der Waals surface area contributed by atoms with Crippen molar-refractivity contribution in [3.05, 3.63) is 17.7 Å². The monoisotopic (exact) mass is 245 g/mol. The molecule has 1 unspecified atom stereocenters. The lowest BCUT2D eigenvalue weighted by Gasteiger charge is -2.22. The van der Waals surface area contributed by atoms with Crippen LogP contribution >= 0.6 is 0 Å². The maximum Gasteiger partial charge on any atom is 0.224 e. The van der Waals surface area contributed by atoms with E-state index in [4.69, 9.17) is 5.73 Å². The molecule has 2 aliphatic rings. The van der Waals surface area contributed by atoms with E-state index in [0.717, 1.165) is 23.7 Å². The summed E-state index contributed by atoms with van der Waals surface area (Å²) >= 11 is 0. The highest BCUT2D eigenvalue weighted by Crippen LogP contribution is 2.36. The number of fused-ring (bicyclic) bond motifs is 1. The average Bonchev–Trinajstić information content (AvgIpc) is 3.14. The van der Waals surface area contributed by atoms with Crippen LogP contribution in [0.5, 0.6) is 0 Å². The lowest BCUT2D eigenvalue weighted by atomic mass is 10.0. The summed E-state index contributed by atoms with van der Waals surface area (Å²) in [5.41, 5.74) is 9.80. The number of hydrogen-bond donors (Lipinski definition) is 3. The predicted octanol–water partition coefficient (Wildman–Crippen LogP) is 2.36. The number of hydrogen-bond acceptors (Lipinski definition) is 3. The lowest BCUT2D eigenvalue weighted by Crippen LogP contribution is -2.21. The second kappa shape index (κ2) is 4.19. The van der Waals surface area contributed by atoms with Gasteiger partial charge < -0.3 is 16.4 Å². The SMILES string of the molecule is CC(Nc1cc2c(cc1N)NC(=O)CC2)C1CC1. The highest BCUT2D eigenvalue weighted by Gasteiger charge is 2.28. The number of nitrogens with two attached hydrogens (primary N) is 1. The highest BCUT2D eigenvalue weighted by atomic mass is 16.1. The third-order valence-electron chi connectivity index (χ3n) is 3.88. The molecule has 3 rings (SSSR count). The van der Waals surface area contributed by atoms with Crippen LogP contribution < -0.4 is 16.4 Å². The molecule has 96 valence electrons. The molecule has 1 aromatic rings. The molecular weight excluding hydrogens is 226 g/mol. The molecule has 4 heteroatoms. The Bertz CT molecular complexity index is 494. The Balaban J connectivity index is 1.84. The van der Waals surface area contributed by atoms with Gasteiger partial charge in [0.1, 0.15) is 0 Å². The first kappa shape index (κ1) is 11.4. The molecule has 0 saturated heterocycles. The van der Waals surface area contributed by atoms with Crippen LogP contribution in [-0.2, 0) is 11.2 Å². The summed E-state index contributed by atoms with van der Waals surface area (Å²) in [6.45, 7) is 2.21. The van der Waals surface area contributed by atoms with Gasteiger partial charge in [-0.1, -0.05) is 0 Å². The van der Waals surface area contributed by atoms with Gasteiger partial charge in [0.05, 0.1) is 11.4 Å². The van der Waals surface area contributed by atoms with Crippen molar-refractivity contribution < 1.29 is 4.79 Å². The Morgan fingerprint density at radius 3 is 2.89 bits per heavy atom. The highest BCUT2D eigenvalue weighted by molar-refractivity contribution is 5.95. The molecule has 4 N–H and O–H groups in total. The van der Waals surface area contributed by atoms with Gasteiger partial charge in [-0.25, -0.2) is 0 Å². The average molecular weight is 245 g/mol. The molecule has 1 fully saturated rings. The molecule has 1 aliphatic heterocycles. The first-order valence-corrected chi connectivity index (χ1v) is 6.62. The van der Waals surface area contributed by atoms with Crippen LogP contribution in [-0.4, -0.2) is 11.9 Å². The van der Waals surface area contributed by atoms with Gasteiger partial charge in [-0.05, 0) is 49.8 Å². The number of benzene rings is 1. The third kappa shape index (κ3) is 2.15. The number of nitrogens with one attached hydrogen (secondary N) is 2. The summed E-state index contributed by atoms with van der Waals surface area (Å²) in [6.07, 6.45) is 3.99. The molecule has 1 amide bonds. The van der Waals surface area contributed by atoms with E-state index < -0.39 is 0 Å². The minimum Gasteiger partial charge on any atom is -0.397 e. The van der Waals surface area contributed by atoms with Crippen molar-refractivity contribution in [2.45, 2.75) is 38.6 Å². The van der Waals surface area contributed by atoms with Gasteiger partial charge in [0.2, 0.25) is 5.91 Å². The molecule has 1 aromatic carbocycles. The second-order valence-corrected chi connectivity index (χ2v) is 5.42. The number of carbonyl (C=O) groups excluding carboxylic acids is 1. The van der Waals surface area contributed by atoms with E-state index in [-0.39, 0.29) is 5.91 Å². The summed E-state index contributed by atoms with van der Waals surface area (Å²) in [5.74, 6) is 0.870. The topological polar surface area (TPSA) is 67.2 Å². The van der Waals surface area contributed by atoms with Crippen LogP contribution in [0.15, 0.2) is 12.1 Å². The Hall–Kier alpha value is -1.71. The molecule has 1 aliphatic carbocycles. The summed E-state index contributed by atoms with van der Waals surface area (Å²) in [4.78, 5) is 11.3. The minimum absolute atomic E-state index is 0.0777. The van der Waals surface area contributed by atoms with Crippen LogP contribution in [0.2, 0.25) is 0 Å². The fourth-order valence-corrected chi connectivity index (χ4v) is 2.53. The molecular formula is C14H19N3O. The Morgan fingerprint density at radius 2 is 2.17 bits per heavy atom. The standard InChI is InChI=1S/C14H19N3O/c1-8(9-2-3-9)16-13-6-10-4-5-14(18)17-12(10)7-11(13)15/h6-9,16H,2-5,15H2,1H3,(H,17,18). The third-order valence-corrected chi connectivity index (χ3v) is 3.88. The van der Waals surface area contributed by atoms with Gasteiger partial charge in [-0.2, -0.15) is 0 Å². The van der Waals surface area contributed by atoms with Gasteiger partial charge in [-0.3, -0.25) is 4.79 Å². The minimum atomic E-state index is 0.0777. The van der Waals surface area contributed by atoms with Gasteiger partial charge in [0, 0.05) is 18.2 Å². The van der Waals surface area contributed by atoms with Crippen LogP contribution in [0.4, 0.5) is 17.1 Å². The maximum atomic E-state index is 11.3. The molecule has 0 aromatic heterocycles. The number of amides is 1. The molecule has 0 radical (unpaired) electrons. The Labute approximate surface area is 107 Å². The quantitative estimate of drug-likeness (QED) is 0.716. The predicted molar refractivity (Wildman–Crippen MR) is 73.6 cm³/mol. The van der Waals surface area contributed by atoms with Crippen LogP contribution in [0, 0.1) is 5.92 Å². The number of nitrogen functional groups attached to an aromatic ring is 1. The molecule has 0 bridgehead atoms. The van der Waals surface area contributed by atoms with Crippen molar-refractivity contribution in [1.29, 1.82) is 0 Å². The molecule has 18 heavy (non-hydrogen) atoms. The number of carbonyl (C=O) groups is 1. The summed E-state index contributed by atoms with van der Waals surface area (Å²) in [5, 5.41) is 6.37. The van der Waals surface area contributed by atoms with E-state index in [9.17, 15) is 4.79 Å². The number of rotatable bonds is 3. The van der Waals surface area contributed by atoms with E-state index in [1.807, 2.05) is 6.07 Å². The van der Waals surface area contributed by atoms with Gasteiger partial charge in [0.15, 0.2) is 0 Å². The van der Waals surface area contributed by atoms with Crippen molar-refractivity contribution in [3.63, 3.8) is 0 Å². The molecule has 1 atom stereocenters. The van der Waals surface area contributed by atoms with Crippen molar-refractivity contribution in [3.8, 4) is 0 Å². The summed E-state index contributed by atoms with van der Waals surface area (Å²) < 4.78 is 0. The normalized spacial score (nSPS) is 19.9. The van der Waals surface area contributed by atoms with Gasteiger partial charge in [0.25, 0.3) is 0 Å². The van der Waals surface area contributed by atoms with E-state index in [2.05, 4.69) is 23.6 Å². The Morgan fingerprint density at radius 1 is 1.39 bits per heavy atom. The zero-order valence-corrected chi connectivity index (χ0v) is 10.6. The second-order valence-electron chi connectivity index (χ2n) is 5.42. The van der Waals surface area contributed by atoms with Crippen molar-refractivity contribution in [1.82, 2.24) is 0 Å². The van der Waals surface area contributed by atoms with Crippen molar-refractivity contribution in [2.75, 3.05) is 16.4 Å². The van der Waals surface area contributed by atoms with Gasteiger partial charge in [-0.15, -0.1) is 0 Å². The smallest absolute Gasteiger partial charge is 0.224 e. The van der Waals surface area contributed by atoms with Crippen molar-refractivity contribution in [2.24, 2.45) is 5.92 Å². The van der Waals surface area contributed by atoms with E-state index >= 15 is 0 Å². The molecule has 1 saturated carbocycles. The zero-order valence-electron chi connectivity index (χ0n) is 10.6. The van der Waals surface area contributed by atoms with Crippen LogP contribution in [0.1, 0.15) is 31.7 Å². The largest absolute Gasteiger partial charge is 0.397 e. The van der Waals surface area contributed by atoms with Crippen molar-refractivity contribution >= 4 is 23.0 Å². The summed E-state index contributed by atoms with van der Waals surface area (Å²) in [6, 6.07) is 4.43. The Kier molecular flexibility index (Phi) is 2.65. The number of aryl methyl sites for hydroxylation is 1. The summed E-state index contributed by atoms with van der Waals surface area (Å²) in [7, 11) is 0. The fraction of sp³-hybridized carbons (Fsp3) is 0.500. The van der Waals surface area contributed by atoms with Crippen LogP contribution in [0.3, 0.4) is 0 Å². The first-order valence-electron chi connectivity index (χ1n) is 6.62. The first-order chi connectivity index (χ1) is 8.63. The zero-order chi connectivity index (χ0) is 12.7. The lowest BCUT2D eigenvalue weighted by molar-refractivity contribution is -0.116. The van der Waals surface area contributed by atoms with Gasteiger partial charge >= 0.3 is 0 Å². The number of anilines is 3. The van der Waals surface area contributed by atoms with E-state index in [0.29, 0.717) is 18.2 Å². The van der Waals surface area contributed by atoms with Crippen LogP contribution in [0.25, 0.3) is 0 Å². The maximum absolute atomic E-state index is 11.3. The van der Waals surface area contributed by atoms with E-state index in [1.165, 1.54) is 18.4 Å². The molecule has 0 spiro atoms. The van der Waals surface area contributed by atoms with E-state index in [1.54, 1.807) is 0 Å². The molecule has 4 nitrogen and oxygen atoms in total. The molecule has 1 heterocycles.